The molecule has 0 saturated carbocycles. The van der Waals surface area contributed by atoms with Crippen LogP contribution in [0, 0.1) is 0 Å². The lowest BCUT2D eigenvalue weighted by Crippen LogP contribution is -2.06. The Hall–Kier alpha value is -1.72. The molecule has 4 nitrogen and oxygen atoms in total. The van der Waals surface area contributed by atoms with E-state index in [1.54, 1.807) is 0 Å². The van der Waals surface area contributed by atoms with Gasteiger partial charge < -0.3 is 11.5 Å². The number of hydrogen-bond acceptors (Lipinski definition) is 4. The van der Waals surface area contributed by atoms with E-state index in [0.717, 1.165) is 6.20 Å². The number of alkyl halides is 2. The highest BCUT2D eigenvalue weighted by Gasteiger charge is 2.17. The number of carbonyl (C=O) groups excluding carboxylic acids is 1. The van der Waals surface area contributed by atoms with Crippen molar-refractivity contribution < 1.29 is 13.6 Å². The molecule has 0 atom stereocenters. The Morgan fingerprint density at radius 1 is 1.46 bits per heavy atom. The fraction of sp³-hybridized carbons (Fsp3) is 0.143. The van der Waals surface area contributed by atoms with E-state index in [9.17, 15) is 13.6 Å². The Morgan fingerprint density at radius 3 is 2.54 bits per heavy atom. The van der Waals surface area contributed by atoms with E-state index >= 15 is 0 Å². The number of carbonyl (C=O) groups is 1. The van der Waals surface area contributed by atoms with Crippen LogP contribution in [-0.4, -0.2) is 11.3 Å². The molecule has 0 unspecified atom stereocenters. The molecule has 4 N–H and O–H groups in total. The van der Waals surface area contributed by atoms with Crippen LogP contribution in [0.3, 0.4) is 0 Å². The van der Waals surface area contributed by atoms with E-state index in [0.29, 0.717) is 0 Å². The minimum Gasteiger partial charge on any atom is -0.396 e. The minimum atomic E-state index is -2.83. The van der Waals surface area contributed by atoms with Crippen LogP contribution in [0.5, 0.6) is 0 Å². The van der Waals surface area contributed by atoms with Crippen molar-refractivity contribution in [3.05, 3.63) is 17.5 Å². The lowest BCUT2D eigenvalue weighted by atomic mass is 10.1. The number of hydrogen-bond donors (Lipinski definition) is 2. The molecule has 0 fully saturated rings. The van der Waals surface area contributed by atoms with Crippen molar-refractivity contribution in [3.8, 4) is 0 Å². The third-order valence-electron chi connectivity index (χ3n) is 1.54. The van der Waals surface area contributed by atoms with E-state index in [1.807, 2.05) is 0 Å². The number of aldehydes is 1. The Kier molecular flexibility index (Phi) is 2.41. The second-order valence-electron chi connectivity index (χ2n) is 2.34. The van der Waals surface area contributed by atoms with Gasteiger partial charge in [0.25, 0.3) is 6.43 Å². The molecule has 0 saturated heterocycles. The maximum absolute atomic E-state index is 12.2. The average Bonchev–Trinajstić information content (AvgIpc) is 2.09. The molecule has 0 aliphatic heterocycles. The maximum Gasteiger partial charge on any atom is 0.281 e. The van der Waals surface area contributed by atoms with Crippen LogP contribution in [0.25, 0.3) is 0 Å². The van der Waals surface area contributed by atoms with Gasteiger partial charge in [-0.05, 0) is 0 Å². The standard InChI is InChI=1S/C7H7F2N3O/c8-7(9)6-3(2-13)5(11)4(10)1-12-6/h1-2,7H,10H2,(H2,11,12). The zero-order valence-corrected chi connectivity index (χ0v) is 6.50. The van der Waals surface area contributed by atoms with Gasteiger partial charge in [0, 0.05) is 0 Å². The number of anilines is 2. The topological polar surface area (TPSA) is 82.0 Å². The molecular weight excluding hydrogens is 180 g/mol. The van der Waals surface area contributed by atoms with Crippen LogP contribution < -0.4 is 11.5 Å². The monoisotopic (exact) mass is 187 g/mol. The highest BCUT2D eigenvalue weighted by molar-refractivity contribution is 5.89. The van der Waals surface area contributed by atoms with Crippen LogP contribution in [0.2, 0.25) is 0 Å². The normalized spacial score (nSPS) is 10.4. The van der Waals surface area contributed by atoms with Gasteiger partial charge in [0.2, 0.25) is 0 Å². The number of nitrogen functional groups attached to an aromatic ring is 2. The summed E-state index contributed by atoms with van der Waals surface area (Å²) in [5.41, 5.74) is 9.47. The largest absolute Gasteiger partial charge is 0.396 e. The first kappa shape index (κ1) is 9.37. The zero-order valence-electron chi connectivity index (χ0n) is 6.50. The van der Waals surface area contributed by atoms with Gasteiger partial charge >= 0.3 is 0 Å². The molecule has 0 aromatic carbocycles. The minimum absolute atomic E-state index is 0.0199. The molecule has 1 aromatic heterocycles. The molecule has 70 valence electrons. The summed E-state index contributed by atoms with van der Waals surface area (Å²) in [5.74, 6) is 0. The number of aromatic nitrogens is 1. The predicted molar refractivity (Wildman–Crippen MR) is 43.4 cm³/mol. The molecule has 0 aliphatic rings. The third kappa shape index (κ3) is 1.56. The van der Waals surface area contributed by atoms with Crippen LogP contribution in [0.4, 0.5) is 20.2 Å². The van der Waals surface area contributed by atoms with E-state index in [1.165, 1.54) is 0 Å². The van der Waals surface area contributed by atoms with Gasteiger partial charge in [-0.3, -0.25) is 9.78 Å². The van der Waals surface area contributed by atoms with Crippen molar-refractivity contribution in [3.63, 3.8) is 0 Å². The second-order valence-corrected chi connectivity index (χ2v) is 2.34. The Morgan fingerprint density at radius 2 is 2.08 bits per heavy atom. The summed E-state index contributed by atoms with van der Waals surface area (Å²) in [4.78, 5) is 13.7. The van der Waals surface area contributed by atoms with E-state index in [2.05, 4.69) is 4.98 Å². The van der Waals surface area contributed by atoms with E-state index in [4.69, 9.17) is 11.5 Å². The number of halogens is 2. The smallest absolute Gasteiger partial charge is 0.281 e. The Bertz CT molecular complexity index is 341. The number of nitrogens with zero attached hydrogens (tertiary/aromatic N) is 1. The first-order valence-electron chi connectivity index (χ1n) is 3.35. The van der Waals surface area contributed by atoms with Gasteiger partial charge in [-0.1, -0.05) is 0 Å². The van der Waals surface area contributed by atoms with Gasteiger partial charge in [0.15, 0.2) is 6.29 Å². The second kappa shape index (κ2) is 3.34. The summed E-state index contributed by atoms with van der Waals surface area (Å²) in [7, 11) is 0. The van der Waals surface area contributed by atoms with Crippen molar-refractivity contribution in [2.75, 3.05) is 11.5 Å². The van der Waals surface area contributed by atoms with Crippen molar-refractivity contribution >= 4 is 17.7 Å². The summed E-state index contributed by atoms with van der Waals surface area (Å²) in [6, 6.07) is 0. The van der Waals surface area contributed by atoms with Crippen LogP contribution >= 0.6 is 0 Å². The average molecular weight is 187 g/mol. The summed E-state index contributed by atoms with van der Waals surface area (Å²) in [6.45, 7) is 0. The van der Waals surface area contributed by atoms with Crippen molar-refractivity contribution in [1.29, 1.82) is 0 Å². The number of nitrogens with two attached hydrogens (primary N) is 2. The lowest BCUT2D eigenvalue weighted by molar-refractivity contribution is 0.110. The molecule has 0 amide bonds. The Labute approximate surface area is 72.6 Å². The fourth-order valence-corrected chi connectivity index (χ4v) is 0.869. The molecule has 0 bridgehead atoms. The van der Waals surface area contributed by atoms with E-state index < -0.39 is 12.1 Å². The predicted octanol–water partition coefficient (Wildman–Crippen LogP) is 0.996. The molecule has 1 aromatic rings. The summed E-state index contributed by atoms with van der Waals surface area (Å²) in [6.07, 6.45) is -1.60. The summed E-state index contributed by atoms with van der Waals surface area (Å²) in [5, 5.41) is 0. The molecule has 0 radical (unpaired) electrons. The van der Waals surface area contributed by atoms with Gasteiger partial charge in [-0.15, -0.1) is 0 Å². The summed E-state index contributed by atoms with van der Waals surface area (Å²) >= 11 is 0. The number of rotatable bonds is 2. The number of pyridine rings is 1. The van der Waals surface area contributed by atoms with Crippen molar-refractivity contribution in [2.45, 2.75) is 6.43 Å². The zero-order chi connectivity index (χ0) is 10.0. The molecule has 1 rings (SSSR count). The molecule has 0 spiro atoms. The highest BCUT2D eigenvalue weighted by Crippen LogP contribution is 2.26. The summed E-state index contributed by atoms with van der Waals surface area (Å²) < 4.78 is 24.4. The molecule has 6 heteroatoms. The lowest BCUT2D eigenvalue weighted by Gasteiger charge is -2.06. The molecule has 13 heavy (non-hydrogen) atoms. The molecule has 0 aliphatic carbocycles. The van der Waals surface area contributed by atoms with Gasteiger partial charge in [-0.2, -0.15) is 0 Å². The molecular formula is C7H7F2N3O. The van der Waals surface area contributed by atoms with Gasteiger partial charge in [0.05, 0.1) is 23.1 Å². The highest BCUT2D eigenvalue weighted by atomic mass is 19.3. The third-order valence-corrected chi connectivity index (χ3v) is 1.54. The first-order valence-corrected chi connectivity index (χ1v) is 3.35. The first-order chi connectivity index (χ1) is 6.07. The quantitative estimate of drug-likeness (QED) is 0.676. The van der Waals surface area contributed by atoms with Crippen LogP contribution in [0.15, 0.2) is 6.20 Å². The van der Waals surface area contributed by atoms with E-state index in [-0.39, 0.29) is 23.2 Å². The maximum atomic E-state index is 12.2. The Balaban J connectivity index is 3.38. The molecule has 1 heterocycles. The van der Waals surface area contributed by atoms with Crippen molar-refractivity contribution in [2.24, 2.45) is 0 Å². The van der Waals surface area contributed by atoms with Crippen molar-refractivity contribution in [1.82, 2.24) is 4.98 Å². The fourth-order valence-electron chi connectivity index (χ4n) is 0.869. The van der Waals surface area contributed by atoms with Gasteiger partial charge in [-0.25, -0.2) is 8.78 Å². The van der Waals surface area contributed by atoms with Crippen LogP contribution in [-0.2, 0) is 0 Å². The van der Waals surface area contributed by atoms with Gasteiger partial charge in [0.1, 0.15) is 5.69 Å². The SMILES string of the molecule is Nc1cnc(C(F)F)c(C=O)c1N. The van der Waals surface area contributed by atoms with Crippen LogP contribution in [0.1, 0.15) is 22.5 Å².